The number of phenolic OH excluding ortho intramolecular Hbond substituents is 2. The average molecular weight is 251 g/mol. The zero-order chi connectivity index (χ0) is 13.3. The van der Waals surface area contributed by atoms with Gasteiger partial charge >= 0.3 is 0 Å². The van der Waals surface area contributed by atoms with Crippen molar-refractivity contribution in [3.05, 3.63) is 23.3 Å². The highest BCUT2D eigenvalue weighted by molar-refractivity contribution is 5.50. The first-order chi connectivity index (χ1) is 8.52. The molecular weight excluding hydrogens is 230 g/mol. The molecule has 0 amide bonds. The Morgan fingerprint density at radius 1 is 1.39 bits per heavy atom. The number of phenols is 2. The highest BCUT2D eigenvalue weighted by Crippen LogP contribution is 2.40. The summed E-state index contributed by atoms with van der Waals surface area (Å²) in [6.45, 7) is 4.66. The van der Waals surface area contributed by atoms with Crippen molar-refractivity contribution in [3.63, 3.8) is 0 Å². The second kappa shape index (κ2) is 5.16. The minimum atomic E-state index is -0.191. The summed E-state index contributed by atoms with van der Waals surface area (Å²) in [7, 11) is 0. The van der Waals surface area contributed by atoms with E-state index < -0.39 is 0 Å². The molecule has 1 aromatic carbocycles. The number of hydrogen-bond acceptors (Lipinski definition) is 4. The summed E-state index contributed by atoms with van der Waals surface area (Å²) in [6.07, 6.45) is 1.41. The molecule has 1 heterocycles. The van der Waals surface area contributed by atoms with Gasteiger partial charge in [0.1, 0.15) is 0 Å². The smallest absolute Gasteiger partial charge is 0.161 e. The number of aromatic hydroxyl groups is 2. The van der Waals surface area contributed by atoms with Crippen molar-refractivity contribution in [2.75, 3.05) is 6.54 Å². The molecule has 0 saturated carbocycles. The fraction of sp³-hybridized carbons (Fsp3) is 0.571. The number of ether oxygens (including phenoxy) is 1. The molecule has 4 nitrogen and oxygen atoms in total. The largest absolute Gasteiger partial charge is 0.504 e. The quantitative estimate of drug-likeness (QED) is 0.719. The molecule has 0 unspecified atom stereocenters. The molecule has 0 aromatic heterocycles. The van der Waals surface area contributed by atoms with E-state index in [0.29, 0.717) is 18.9 Å². The van der Waals surface area contributed by atoms with Crippen LogP contribution in [0.3, 0.4) is 0 Å². The molecule has 0 aliphatic carbocycles. The van der Waals surface area contributed by atoms with Crippen molar-refractivity contribution in [1.29, 1.82) is 0 Å². The lowest BCUT2D eigenvalue weighted by molar-refractivity contribution is -0.0308. The summed E-state index contributed by atoms with van der Waals surface area (Å²) in [6, 6.07) is 3.27. The van der Waals surface area contributed by atoms with Gasteiger partial charge in [-0.25, -0.2) is 0 Å². The molecule has 0 saturated heterocycles. The molecule has 1 aliphatic rings. The van der Waals surface area contributed by atoms with Crippen LogP contribution in [0.4, 0.5) is 0 Å². The summed E-state index contributed by atoms with van der Waals surface area (Å²) in [5.41, 5.74) is 7.41. The van der Waals surface area contributed by atoms with Crippen LogP contribution in [0.15, 0.2) is 12.1 Å². The lowest BCUT2D eigenvalue weighted by atomic mass is 9.90. The van der Waals surface area contributed by atoms with E-state index in [4.69, 9.17) is 10.5 Å². The number of fused-ring (bicyclic) bond motifs is 1. The Morgan fingerprint density at radius 2 is 2.11 bits per heavy atom. The van der Waals surface area contributed by atoms with E-state index in [9.17, 15) is 10.2 Å². The Kier molecular flexibility index (Phi) is 3.78. The predicted molar refractivity (Wildman–Crippen MR) is 69.6 cm³/mol. The summed E-state index contributed by atoms with van der Waals surface area (Å²) in [5.74, 6) is 0.423. The van der Waals surface area contributed by atoms with Crippen LogP contribution in [0, 0.1) is 5.92 Å². The number of rotatable bonds is 3. The summed E-state index contributed by atoms with van der Waals surface area (Å²) in [5, 5.41) is 19.5. The van der Waals surface area contributed by atoms with Crippen LogP contribution in [0.5, 0.6) is 11.5 Å². The van der Waals surface area contributed by atoms with E-state index >= 15 is 0 Å². The average Bonchev–Trinajstić information content (AvgIpc) is 2.32. The molecule has 0 bridgehead atoms. The Bertz CT molecular complexity index is 431. The maximum absolute atomic E-state index is 9.96. The first-order valence-electron chi connectivity index (χ1n) is 6.42. The Hall–Kier alpha value is -1.26. The number of nitrogens with two attached hydrogens (primary N) is 1. The minimum Gasteiger partial charge on any atom is -0.504 e. The topological polar surface area (TPSA) is 75.7 Å². The Morgan fingerprint density at radius 3 is 2.72 bits per heavy atom. The molecule has 0 fully saturated rings. The highest BCUT2D eigenvalue weighted by Gasteiger charge is 2.29. The van der Waals surface area contributed by atoms with Gasteiger partial charge in [0, 0.05) is 18.5 Å². The molecule has 4 N–H and O–H groups in total. The minimum absolute atomic E-state index is 0.0250. The zero-order valence-electron chi connectivity index (χ0n) is 10.9. The van der Waals surface area contributed by atoms with Gasteiger partial charge in [-0.1, -0.05) is 19.9 Å². The molecule has 0 spiro atoms. The van der Waals surface area contributed by atoms with E-state index in [1.54, 1.807) is 6.07 Å². The highest BCUT2D eigenvalue weighted by atomic mass is 16.5. The van der Waals surface area contributed by atoms with E-state index in [2.05, 4.69) is 13.8 Å². The molecule has 4 heteroatoms. The number of hydrogen-bond donors (Lipinski definition) is 3. The van der Waals surface area contributed by atoms with Crippen molar-refractivity contribution in [1.82, 2.24) is 0 Å². The van der Waals surface area contributed by atoms with Gasteiger partial charge in [0.05, 0.1) is 12.2 Å². The first-order valence-corrected chi connectivity index (χ1v) is 6.42. The van der Waals surface area contributed by atoms with Gasteiger partial charge in [0.15, 0.2) is 11.5 Å². The molecule has 18 heavy (non-hydrogen) atoms. The summed E-state index contributed by atoms with van der Waals surface area (Å²) < 4.78 is 5.95. The van der Waals surface area contributed by atoms with Gasteiger partial charge in [-0.05, 0) is 24.0 Å². The number of benzene rings is 1. The van der Waals surface area contributed by atoms with Gasteiger partial charge in [-0.2, -0.15) is 0 Å². The predicted octanol–water partition coefficient (Wildman–Crippen LogP) is 2.08. The molecule has 0 radical (unpaired) electrons. The second-order valence-electron chi connectivity index (χ2n) is 5.32. The van der Waals surface area contributed by atoms with Crippen LogP contribution in [0.2, 0.25) is 0 Å². The fourth-order valence-corrected chi connectivity index (χ4v) is 2.58. The maximum Gasteiger partial charge on any atom is 0.161 e. The first kappa shape index (κ1) is 13.2. The van der Waals surface area contributed by atoms with Crippen LogP contribution in [-0.2, 0) is 11.2 Å². The molecule has 2 atom stereocenters. The van der Waals surface area contributed by atoms with E-state index in [1.165, 1.54) is 6.07 Å². The zero-order valence-corrected chi connectivity index (χ0v) is 10.9. The molecule has 2 rings (SSSR count). The Labute approximate surface area is 107 Å². The Balaban J connectivity index is 2.33. The van der Waals surface area contributed by atoms with Crippen molar-refractivity contribution in [3.8, 4) is 11.5 Å². The maximum atomic E-state index is 9.96. The van der Waals surface area contributed by atoms with Gasteiger partial charge in [0.2, 0.25) is 0 Å². The van der Waals surface area contributed by atoms with Crippen molar-refractivity contribution in [2.45, 2.75) is 38.9 Å². The molecular formula is C14H21NO3. The molecule has 100 valence electrons. The van der Waals surface area contributed by atoms with Gasteiger partial charge < -0.3 is 20.7 Å². The molecule has 1 aliphatic heterocycles. The summed E-state index contributed by atoms with van der Waals surface area (Å²) in [4.78, 5) is 0. The molecule has 1 aromatic rings. The monoisotopic (exact) mass is 251 g/mol. The van der Waals surface area contributed by atoms with E-state index in [-0.39, 0.29) is 23.7 Å². The third kappa shape index (κ3) is 2.44. The van der Waals surface area contributed by atoms with Crippen LogP contribution >= 0.6 is 0 Å². The van der Waals surface area contributed by atoms with Crippen LogP contribution in [0.1, 0.15) is 37.5 Å². The summed E-state index contributed by atoms with van der Waals surface area (Å²) >= 11 is 0. The SMILES string of the molecule is CC(C)C[C@@H]1Cc2c(ccc(O)c2O)[C@H](CN)O1. The second-order valence-corrected chi connectivity index (χ2v) is 5.32. The van der Waals surface area contributed by atoms with Crippen LogP contribution in [-0.4, -0.2) is 22.9 Å². The fourth-order valence-electron chi connectivity index (χ4n) is 2.58. The lowest BCUT2D eigenvalue weighted by Gasteiger charge is -2.33. The van der Waals surface area contributed by atoms with Crippen LogP contribution in [0.25, 0.3) is 0 Å². The van der Waals surface area contributed by atoms with E-state index in [1.807, 2.05) is 0 Å². The van der Waals surface area contributed by atoms with Crippen molar-refractivity contribution >= 4 is 0 Å². The normalized spacial score (nSPS) is 23.1. The lowest BCUT2D eigenvalue weighted by Crippen LogP contribution is -2.31. The van der Waals surface area contributed by atoms with Crippen LogP contribution < -0.4 is 5.73 Å². The van der Waals surface area contributed by atoms with Crippen molar-refractivity contribution in [2.24, 2.45) is 11.7 Å². The third-order valence-corrected chi connectivity index (χ3v) is 3.38. The van der Waals surface area contributed by atoms with E-state index in [0.717, 1.165) is 17.5 Å². The van der Waals surface area contributed by atoms with Gasteiger partial charge in [-0.15, -0.1) is 0 Å². The van der Waals surface area contributed by atoms with Gasteiger partial charge in [0.25, 0.3) is 0 Å². The van der Waals surface area contributed by atoms with Gasteiger partial charge in [-0.3, -0.25) is 0 Å². The van der Waals surface area contributed by atoms with Crippen molar-refractivity contribution < 1.29 is 14.9 Å². The third-order valence-electron chi connectivity index (χ3n) is 3.38. The standard InChI is InChI=1S/C14H21NO3/c1-8(2)5-9-6-11-10(13(7-15)18-9)3-4-12(16)14(11)17/h3-4,8-9,13,16-17H,5-7,15H2,1-2H3/t9-,13+/m1/s1.